The van der Waals surface area contributed by atoms with Crippen molar-refractivity contribution < 1.29 is 14.7 Å². The minimum absolute atomic E-state index is 0.0140. The molecule has 0 unspecified atom stereocenters. The van der Waals surface area contributed by atoms with E-state index in [0.717, 1.165) is 19.3 Å². The maximum atomic E-state index is 11.4. The molecule has 0 bridgehead atoms. The second-order valence-corrected chi connectivity index (χ2v) is 4.69. The van der Waals surface area contributed by atoms with Crippen LogP contribution in [0.3, 0.4) is 0 Å². The predicted octanol–water partition coefficient (Wildman–Crippen LogP) is 1.83. The number of carboxylic acid groups (broad SMARTS) is 1. The minimum Gasteiger partial charge on any atom is -0.476 e. The number of carbonyl (C=O) groups excluding carboxylic acids is 1. The number of nitrogens with zero attached hydrogens (tertiary/aromatic N) is 1. The van der Waals surface area contributed by atoms with Crippen LogP contribution in [0.4, 0.5) is 4.79 Å². The first-order valence-corrected chi connectivity index (χ1v) is 6.70. The Morgan fingerprint density at radius 2 is 2.17 bits per heavy atom. The molecule has 100 valence electrons. The van der Waals surface area contributed by atoms with Crippen molar-refractivity contribution in [3.05, 3.63) is 16.1 Å². The number of thiazole rings is 1. The second kappa shape index (κ2) is 7.65. The van der Waals surface area contributed by atoms with Gasteiger partial charge in [-0.1, -0.05) is 19.8 Å². The van der Waals surface area contributed by atoms with Crippen molar-refractivity contribution in [3.63, 3.8) is 0 Å². The molecule has 1 aromatic heterocycles. The van der Waals surface area contributed by atoms with E-state index < -0.39 is 5.97 Å². The molecule has 2 amide bonds. The van der Waals surface area contributed by atoms with E-state index in [1.165, 1.54) is 16.7 Å². The molecule has 1 rings (SSSR count). The standard InChI is InChI=1S/C11H17N3O3S/c1-2-3-4-5-12-11(17)13-6-9-14-8(7-18-9)10(15)16/h7H,2-6H2,1H3,(H,15,16)(H2,12,13,17). The Hall–Kier alpha value is -1.63. The molecule has 1 aromatic rings. The lowest BCUT2D eigenvalue weighted by atomic mass is 10.2. The number of amides is 2. The second-order valence-electron chi connectivity index (χ2n) is 3.75. The van der Waals surface area contributed by atoms with E-state index in [0.29, 0.717) is 11.6 Å². The average Bonchev–Trinajstić information content (AvgIpc) is 2.81. The third kappa shape index (κ3) is 5.13. The summed E-state index contributed by atoms with van der Waals surface area (Å²) in [5.41, 5.74) is 0.0140. The highest BCUT2D eigenvalue weighted by Crippen LogP contribution is 2.09. The van der Waals surface area contributed by atoms with Crippen molar-refractivity contribution in [3.8, 4) is 0 Å². The van der Waals surface area contributed by atoms with E-state index in [-0.39, 0.29) is 18.3 Å². The summed E-state index contributed by atoms with van der Waals surface area (Å²) in [5.74, 6) is -1.05. The molecule has 0 saturated carbocycles. The lowest BCUT2D eigenvalue weighted by molar-refractivity contribution is 0.0691. The molecular formula is C11H17N3O3S. The quantitative estimate of drug-likeness (QED) is 0.660. The molecule has 18 heavy (non-hydrogen) atoms. The van der Waals surface area contributed by atoms with Gasteiger partial charge >= 0.3 is 12.0 Å². The molecule has 7 heteroatoms. The summed E-state index contributed by atoms with van der Waals surface area (Å²) >= 11 is 1.22. The third-order valence-corrected chi connectivity index (χ3v) is 3.09. The van der Waals surface area contributed by atoms with Gasteiger partial charge in [0.05, 0.1) is 6.54 Å². The van der Waals surface area contributed by atoms with E-state index in [1.807, 2.05) is 0 Å². The first-order valence-electron chi connectivity index (χ1n) is 5.83. The fourth-order valence-corrected chi connectivity index (χ4v) is 1.99. The summed E-state index contributed by atoms with van der Waals surface area (Å²) in [4.78, 5) is 25.8. The average molecular weight is 271 g/mol. The molecule has 0 saturated heterocycles. The predicted molar refractivity (Wildman–Crippen MR) is 68.8 cm³/mol. The van der Waals surface area contributed by atoms with Gasteiger partial charge < -0.3 is 15.7 Å². The van der Waals surface area contributed by atoms with Crippen LogP contribution in [0.5, 0.6) is 0 Å². The van der Waals surface area contributed by atoms with Gasteiger partial charge in [-0.3, -0.25) is 0 Å². The molecule has 0 fully saturated rings. The zero-order chi connectivity index (χ0) is 13.4. The molecule has 3 N–H and O–H groups in total. The van der Waals surface area contributed by atoms with Crippen LogP contribution >= 0.6 is 11.3 Å². The van der Waals surface area contributed by atoms with Crippen molar-refractivity contribution >= 4 is 23.3 Å². The smallest absolute Gasteiger partial charge is 0.355 e. The van der Waals surface area contributed by atoms with Gasteiger partial charge in [-0.2, -0.15) is 0 Å². The summed E-state index contributed by atoms with van der Waals surface area (Å²) in [6.45, 7) is 3.00. The molecule has 0 aliphatic heterocycles. The fourth-order valence-electron chi connectivity index (χ4n) is 1.29. The van der Waals surface area contributed by atoms with E-state index in [9.17, 15) is 9.59 Å². The van der Waals surface area contributed by atoms with E-state index >= 15 is 0 Å². The van der Waals surface area contributed by atoms with Crippen LogP contribution < -0.4 is 10.6 Å². The molecule has 0 aromatic carbocycles. The number of hydrogen-bond donors (Lipinski definition) is 3. The molecule has 1 heterocycles. The van der Waals surface area contributed by atoms with Crippen LogP contribution in [-0.4, -0.2) is 28.6 Å². The summed E-state index contributed by atoms with van der Waals surface area (Å²) in [7, 11) is 0. The van der Waals surface area contributed by atoms with Gasteiger partial charge in [0, 0.05) is 11.9 Å². The number of urea groups is 1. The Morgan fingerprint density at radius 1 is 1.39 bits per heavy atom. The van der Waals surface area contributed by atoms with Crippen molar-refractivity contribution in [1.82, 2.24) is 15.6 Å². The highest BCUT2D eigenvalue weighted by molar-refractivity contribution is 7.09. The molecule has 6 nitrogen and oxygen atoms in total. The fraction of sp³-hybridized carbons (Fsp3) is 0.545. The summed E-state index contributed by atoms with van der Waals surface area (Å²) in [5, 5.41) is 16.1. The zero-order valence-electron chi connectivity index (χ0n) is 10.2. The largest absolute Gasteiger partial charge is 0.476 e. The van der Waals surface area contributed by atoms with Crippen LogP contribution in [0.2, 0.25) is 0 Å². The molecule has 0 aliphatic carbocycles. The SMILES string of the molecule is CCCCCNC(=O)NCc1nc(C(=O)O)cs1. The van der Waals surface area contributed by atoms with Crippen molar-refractivity contribution in [2.45, 2.75) is 32.7 Å². The normalized spacial score (nSPS) is 10.1. The van der Waals surface area contributed by atoms with Crippen LogP contribution in [0.25, 0.3) is 0 Å². The van der Waals surface area contributed by atoms with Gasteiger partial charge in [0.15, 0.2) is 5.69 Å². The van der Waals surface area contributed by atoms with Crippen molar-refractivity contribution in [2.75, 3.05) is 6.54 Å². The van der Waals surface area contributed by atoms with Crippen molar-refractivity contribution in [1.29, 1.82) is 0 Å². The van der Waals surface area contributed by atoms with Crippen LogP contribution in [-0.2, 0) is 6.54 Å². The van der Waals surface area contributed by atoms with Crippen LogP contribution in [0.1, 0.15) is 41.7 Å². The molecule has 0 atom stereocenters. The summed E-state index contributed by atoms with van der Waals surface area (Å²) in [6.07, 6.45) is 3.17. The van der Waals surface area contributed by atoms with Gasteiger partial charge in [0.1, 0.15) is 5.01 Å². The lowest BCUT2D eigenvalue weighted by Gasteiger charge is -2.05. The third-order valence-electron chi connectivity index (χ3n) is 2.24. The molecule has 0 aliphatic rings. The summed E-state index contributed by atoms with van der Waals surface area (Å²) in [6, 6.07) is -0.252. The number of nitrogens with one attached hydrogen (secondary N) is 2. The molecule has 0 spiro atoms. The summed E-state index contributed by atoms with van der Waals surface area (Å²) < 4.78 is 0. The molecular weight excluding hydrogens is 254 g/mol. The highest BCUT2D eigenvalue weighted by Gasteiger charge is 2.09. The highest BCUT2D eigenvalue weighted by atomic mass is 32.1. The van der Waals surface area contributed by atoms with Gasteiger partial charge in [-0.05, 0) is 6.42 Å². The van der Waals surface area contributed by atoms with Gasteiger partial charge in [-0.25, -0.2) is 14.6 Å². The topological polar surface area (TPSA) is 91.3 Å². The Labute approximate surface area is 109 Å². The number of rotatable bonds is 7. The van der Waals surface area contributed by atoms with Crippen LogP contribution in [0.15, 0.2) is 5.38 Å². The van der Waals surface area contributed by atoms with Crippen molar-refractivity contribution in [2.24, 2.45) is 0 Å². The van der Waals surface area contributed by atoms with E-state index in [1.54, 1.807) is 0 Å². The molecule has 0 radical (unpaired) electrons. The number of unbranched alkanes of at least 4 members (excludes halogenated alkanes) is 2. The van der Waals surface area contributed by atoms with E-state index in [2.05, 4.69) is 22.5 Å². The number of aromatic carboxylic acids is 1. The monoisotopic (exact) mass is 271 g/mol. The van der Waals surface area contributed by atoms with Gasteiger partial charge in [0.25, 0.3) is 0 Å². The number of aromatic nitrogens is 1. The number of hydrogen-bond acceptors (Lipinski definition) is 4. The van der Waals surface area contributed by atoms with Crippen LogP contribution in [0, 0.1) is 0 Å². The number of carbonyl (C=O) groups is 2. The Morgan fingerprint density at radius 3 is 2.78 bits per heavy atom. The van der Waals surface area contributed by atoms with Gasteiger partial charge in [0.2, 0.25) is 0 Å². The Bertz CT molecular complexity index is 406. The van der Waals surface area contributed by atoms with E-state index in [4.69, 9.17) is 5.11 Å². The number of carboxylic acids is 1. The first kappa shape index (κ1) is 14.4. The first-order chi connectivity index (χ1) is 8.63. The van der Waals surface area contributed by atoms with Gasteiger partial charge in [-0.15, -0.1) is 11.3 Å². The maximum absolute atomic E-state index is 11.4. The Kier molecular flexibility index (Phi) is 6.13. The minimum atomic E-state index is -1.05. The lowest BCUT2D eigenvalue weighted by Crippen LogP contribution is -2.35. The Balaban J connectivity index is 2.23. The zero-order valence-corrected chi connectivity index (χ0v) is 11.0. The maximum Gasteiger partial charge on any atom is 0.355 e.